The van der Waals surface area contributed by atoms with Gasteiger partial charge < -0.3 is 11.5 Å². The van der Waals surface area contributed by atoms with Crippen LogP contribution in [0.5, 0.6) is 0 Å². The molecule has 5 heteroatoms. The Hall–Kier alpha value is -0.980. The van der Waals surface area contributed by atoms with Crippen molar-refractivity contribution in [2.75, 3.05) is 0 Å². The van der Waals surface area contributed by atoms with Crippen molar-refractivity contribution in [3.63, 3.8) is 0 Å². The molecule has 0 bridgehead atoms. The molecule has 0 aromatic heterocycles. The van der Waals surface area contributed by atoms with Gasteiger partial charge in [-0.2, -0.15) is 0 Å². The fourth-order valence-corrected chi connectivity index (χ4v) is 4.95. The van der Waals surface area contributed by atoms with Crippen LogP contribution >= 0.6 is 24.1 Å². The number of benzene rings is 2. The number of nitrogens with two attached hydrogens (primary N) is 2. The van der Waals surface area contributed by atoms with Gasteiger partial charge >= 0.3 is 0 Å². The van der Waals surface area contributed by atoms with Crippen molar-refractivity contribution < 1.29 is 3.63 Å². The zero-order valence-electron chi connectivity index (χ0n) is 16.4. The Morgan fingerprint density at radius 3 is 1.41 bits per heavy atom. The predicted molar refractivity (Wildman–Crippen MR) is 120 cm³/mol. The SMILES string of the molecule is CCCCC(N)(SOSC(N)(CCCC)c1ccccc1)c1ccccc1. The highest BCUT2D eigenvalue weighted by Crippen LogP contribution is 2.44. The summed E-state index contributed by atoms with van der Waals surface area (Å²) < 4.78 is 6.05. The normalized spacial score (nSPS) is 15.9. The molecule has 0 saturated heterocycles. The highest BCUT2D eigenvalue weighted by Gasteiger charge is 2.33. The van der Waals surface area contributed by atoms with E-state index in [0.29, 0.717) is 0 Å². The lowest BCUT2D eigenvalue weighted by Gasteiger charge is -2.32. The third-order valence-electron chi connectivity index (χ3n) is 4.69. The summed E-state index contributed by atoms with van der Waals surface area (Å²) in [4.78, 5) is -1.15. The predicted octanol–water partition coefficient (Wildman–Crippen LogP) is 6.30. The average Bonchev–Trinajstić information content (AvgIpc) is 2.72. The molecular weight excluding hydrogens is 372 g/mol. The Morgan fingerprint density at radius 1 is 0.704 bits per heavy atom. The van der Waals surface area contributed by atoms with Gasteiger partial charge in [0, 0.05) is 24.1 Å². The van der Waals surface area contributed by atoms with E-state index >= 15 is 0 Å². The van der Waals surface area contributed by atoms with E-state index in [9.17, 15) is 0 Å². The van der Waals surface area contributed by atoms with Crippen LogP contribution in [0.25, 0.3) is 0 Å². The monoisotopic (exact) mass is 404 g/mol. The number of hydrogen-bond acceptors (Lipinski definition) is 5. The smallest absolute Gasteiger partial charge is 0.115 e. The van der Waals surface area contributed by atoms with Crippen LogP contribution in [-0.4, -0.2) is 0 Å². The van der Waals surface area contributed by atoms with Gasteiger partial charge in [0.1, 0.15) is 9.74 Å². The molecule has 2 rings (SSSR count). The van der Waals surface area contributed by atoms with E-state index in [1.807, 2.05) is 36.4 Å². The topological polar surface area (TPSA) is 61.3 Å². The van der Waals surface area contributed by atoms with Crippen LogP contribution in [0.15, 0.2) is 60.7 Å². The molecule has 0 fully saturated rings. The van der Waals surface area contributed by atoms with Crippen LogP contribution in [0.4, 0.5) is 0 Å². The van der Waals surface area contributed by atoms with Crippen molar-refractivity contribution in [2.45, 2.75) is 62.1 Å². The van der Waals surface area contributed by atoms with Gasteiger partial charge in [-0.3, -0.25) is 0 Å². The Labute approximate surface area is 173 Å². The Kier molecular flexibility index (Phi) is 9.19. The fourth-order valence-electron chi connectivity index (χ4n) is 2.93. The Bertz CT molecular complexity index is 598. The lowest BCUT2D eigenvalue weighted by Crippen LogP contribution is -2.35. The first-order valence-corrected chi connectivity index (χ1v) is 11.2. The molecule has 3 nitrogen and oxygen atoms in total. The summed E-state index contributed by atoms with van der Waals surface area (Å²) in [7, 11) is 0. The van der Waals surface area contributed by atoms with Crippen LogP contribution in [0.3, 0.4) is 0 Å². The maximum atomic E-state index is 6.76. The fraction of sp³-hybridized carbons (Fsp3) is 0.455. The lowest BCUT2D eigenvalue weighted by molar-refractivity contribution is 0.513. The molecule has 0 radical (unpaired) electrons. The summed E-state index contributed by atoms with van der Waals surface area (Å²) in [5.74, 6) is 0. The van der Waals surface area contributed by atoms with E-state index in [0.717, 1.165) is 49.7 Å². The minimum Gasteiger partial charge on any atom is -0.311 e. The zero-order valence-corrected chi connectivity index (χ0v) is 18.0. The molecule has 2 aromatic rings. The third kappa shape index (κ3) is 6.54. The number of hydrogen-bond donors (Lipinski definition) is 2. The second-order valence-corrected chi connectivity index (χ2v) is 9.29. The van der Waals surface area contributed by atoms with Gasteiger partial charge in [0.05, 0.1) is 0 Å². The van der Waals surface area contributed by atoms with Gasteiger partial charge in [-0.1, -0.05) is 100 Å². The molecule has 0 aliphatic heterocycles. The molecule has 0 saturated carbocycles. The van der Waals surface area contributed by atoms with E-state index in [-0.39, 0.29) is 0 Å². The van der Waals surface area contributed by atoms with Crippen molar-refractivity contribution in [3.05, 3.63) is 71.8 Å². The Morgan fingerprint density at radius 2 is 1.07 bits per heavy atom. The van der Waals surface area contributed by atoms with E-state index in [2.05, 4.69) is 38.1 Å². The molecular formula is C22H32N2OS2. The van der Waals surface area contributed by atoms with Gasteiger partial charge in [0.25, 0.3) is 0 Å². The molecule has 0 heterocycles. The maximum Gasteiger partial charge on any atom is 0.115 e. The van der Waals surface area contributed by atoms with Gasteiger partial charge in [0.15, 0.2) is 0 Å². The molecule has 0 aliphatic carbocycles. The van der Waals surface area contributed by atoms with Gasteiger partial charge in [-0.05, 0) is 24.0 Å². The first kappa shape index (κ1) is 22.3. The van der Waals surface area contributed by atoms with Gasteiger partial charge in [-0.25, -0.2) is 3.63 Å². The minimum atomic E-state index is -0.577. The molecule has 2 atom stereocenters. The summed E-state index contributed by atoms with van der Waals surface area (Å²) >= 11 is 2.67. The van der Waals surface area contributed by atoms with Gasteiger partial charge in [-0.15, -0.1) is 0 Å². The first-order valence-electron chi connectivity index (χ1n) is 9.76. The standard InChI is InChI=1S/C22H32N2OS2/c1-3-5-17-21(23,19-13-9-7-10-14-19)26-25-27-22(24,18-6-4-2)20-15-11-8-12-16-20/h7-16H,3-6,17-18,23-24H2,1-2H3. The number of rotatable bonds is 12. The van der Waals surface area contributed by atoms with Crippen LogP contribution in [0, 0.1) is 0 Å². The molecule has 2 unspecified atom stereocenters. The zero-order chi connectivity index (χ0) is 19.6. The summed E-state index contributed by atoms with van der Waals surface area (Å²) in [5.41, 5.74) is 15.7. The summed E-state index contributed by atoms with van der Waals surface area (Å²) in [6.07, 6.45) is 6.01. The third-order valence-corrected chi connectivity index (χ3v) is 6.71. The quantitative estimate of drug-likeness (QED) is 0.321. The van der Waals surface area contributed by atoms with E-state index in [4.69, 9.17) is 15.1 Å². The maximum absolute atomic E-state index is 6.76. The largest absolute Gasteiger partial charge is 0.311 e. The van der Waals surface area contributed by atoms with Crippen molar-refractivity contribution >= 4 is 24.1 Å². The molecule has 27 heavy (non-hydrogen) atoms. The number of unbranched alkanes of at least 4 members (excludes halogenated alkanes) is 2. The Balaban J connectivity index is 2.10. The molecule has 0 spiro atoms. The second-order valence-electron chi connectivity index (χ2n) is 6.95. The second kappa shape index (κ2) is 11.1. The van der Waals surface area contributed by atoms with Crippen LogP contribution in [0.1, 0.15) is 63.5 Å². The molecule has 148 valence electrons. The first-order chi connectivity index (χ1) is 13.0. The van der Waals surface area contributed by atoms with Crippen molar-refractivity contribution in [2.24, 2.45) is 11.5 Å². The van der Waals surface area contributed by atoms with E-state index < -0.39 is 9.74 Å². The van der Waals surface area contributed by atoms with E-state index in [1.54, 1.807) is 0 Å². The van der Waals surface area contributed by atoms with Crippen molar-refractivity contribution in [1.82, 2.24) is 0 Å². The molecule has 2 aromatic carbocycles. The summed E-state index contributed by atoms with van der Waals surface area (Å²) in [6, 6.07) is 20.4. The van der Waals surface area contributed by atoms with Crippen LogP contribution in [-0.2, 0) is 13.4 Å². The van der Waals surface area contributed by atoms with Crippen LogP contribution < -0.4 is 11.5 Å². The molecule has 4 N–H and O–H groups in total. The van der Waals surface area contributed by atoms with Crippen molar-refractivity contribution in [1.29, 1.82) is 0 Å². The molecule has 0 aliphatic rings. The summed E-state index contributed by atoms with van der Waals surface area (Å²) in [5, 5.41) is 0. The average molecular weight is 405 g/mol. The van der Waals surface area contributed by atoms with E-state index in [1.165, 1.54) is 24.1 Å². The minimum absolute atomic E-state index is 0.577. The van der Waals surface area contributed by atoms with Gasteiger partial charge in [0.2, 0.25) is 0 Å². The highest BCUT2D eigenvalue weighted by molar-refractivity contribution is 8.08. The van der Waals surface area contributed by atoms with Crippen molar-refractivity contribution in [3.8, 4) is 0 Å². The summed E-state index contributed by atoms with van der Waals surface area (Å²) in [6.45, 7) is 4.35. The van der Waals surface area contributed by atoms with Crippen LogP contribution in [0.2, 0.25) is 0 Å². The lowest BCUT2D eigenvalue weighted by atomic mass is 10.0. The highest BCUT2D eigenvalue weighted by atomic mass is 32.2. The molecule has 0 amide bonds.